The summed E-state index contributed by atoms with van der Waals surface area (Å²) in [4.78, 5) is 29.8. The van der Waals surface area contributed by atoms with E-state index in [2.05, 4.69) is 32.1 Å². The highest BCUT2D eigenvalue weighted by atomic mass is 16.6. The molecule has 3 spiro atoms. The second-order valence-corrected chi connectivity index (χ2v) is 14.9. The number of ketones is 1. The first-order valence-corrected chi connectivity index (χ1v) is 16.0. The fraction of sp³-hybridized carbons (Fsp3) is 0.657. The minimum Gasteiger partial charge on any atom is -0.440 e. The summed E-state index contributed by atoms with van der Waals surface area (Å²) < 4.78 is 12.4. The van der Waals surface area contributed by atoms with E-state index >= 15 is 0 Å². The van der Waals surface area contributed by atoms with Gasteiger partial charge in [-0.3, -0.25) is 4.79 Å². The molecule has 9 atom stereocenters. The van der Waals surface area contributed by atoms with Crippen LogP contribution in [0.15, 0.2) is 54.1 Å². The number of aliphatic hydroxyl groups is 1. The Balaban J connectivity index is 1.23. The van der Waals surface area contributed by atoms with Gasteiger partial charge in [-0.1, -0.05) is 62.4 Å². The molecule has 41 heavy (non-hydrogen) atoms. The summed E-state index contributed by atoms with van der Waals surface area (Å²) in [5.74, 6) is 0.630. The maximum Gasteiger partial charge on any atom is 0.410 e. The van der Waals surface area contributed by atoms with E-state index in [4.69, 9.17) is 9.47 Å². The van der Waals surface area contributed by atoms with Crippen LogP contribution in [0.5, 0.6) is 0 Å². The highest BCUT2D eigenvalue weighted by Gasteiger charge is 2.76. The highest BCUT2D eigenvalue weighted by Crippen LogP contribution is 2.79. The zero-order valence-corrected chi connectivity index (χ0v) is 24.4. The number of carbonyl (C=O) groups excluding carboxylic acids is 2. The van der Waals surface area contributed by atoms with E-state index in [1.807, 2.05) is 35.2 Å². The Morgan fingerprint density at radius 3 is 2.54 bits per heavy atom. The first-order chi connectivity index (χ1) is 19.7. The molecule has 0 unspecified atom stereocenters. The molecule has 218 valence electrons. The Labute approximate surface area is 243 Å². The highest BCUT2D eigenvalue weighted by molar-refractivity contribution is 6.10. The summed E-state index contributed by atoms with van der Waals surface area (Å²) in [6.07, 6.45) is 14.9. The van der Waals surface area contributed by atoms with Crippen LogP contribution in [0.25, 0.3) is 0 Å². The minimum atomic E-state index is -0.544. The molecule has 9 rings (SSSR count). The van der Waals surface area contributed by atoms with Gasteiger partial charge in [0.1, 0.15) is 5.60 Å². The summed E-state index contributed by atoms with van der Waals surface area (Å²) in [7, 11) is 0. The number of allylic oxidation sites excluding steroid dienone is 4. The smallest absolute Gasteiger partial charge is 0.410 e. The lowest BCUT2D eigenvalue weighted by molar-refractivity contribution is -0.164. The molecule has 5 fully saturated rings. The molecule has 1 amide bonds. The molecule has 2 aliphatic heterocycles. The van der Waals surface area contributed by atoms with Gasteiger partial charge in [-0.25, -0.2) is 4.79 Å². The van der Waals surface area contributed by atoms with E-state index in [1.54, 1.807) is 0 Å². The van der Waals surface area contributed by atoms with E-state index in [0.29, 0.717) is 25.4 Å². The van der Waals surface area contributed by atoms with Crippen molar-refractivity contribution in [1.82, 2.24) is 4.90 Å². The van der Waals surface area contributed by atoms with Gasteiger partial charge in [0.15, 0.2) is 5.78 Å². The maximum atomic E-state index is 14.5. The van der Waals surface area contributed by atoms with E-state index in [-0.39, 0.29) is 46.2 Å². The van der Waals surface area contributed by atoms with Crippen molar-refractivity contribution in [2.75, 3.05) is 19.7 Å². The Morgan fingerprint density at radius 1 is 1.00 bits per heavy atom. The van der Waals surface area contributed by atoms with Crippen LogP contribution in [0.3, 0.4) is 0 Å². The summed E-state index contributed by atoms with van der Waals surface area (Å²) >= 11 is 0. The summed E-state index contributed by atoms with van der Waals surface area (Å²) in [6.45, 7) is 6.79. The average molecular weight is 558 g/mol. The lowest BCUT2D eigenvalue weighted by atomic mass is 9.32. The largest absolute Gasteiger partial charge is 0.440 e. The van der Waals surface area contributed by atoms with Crippen molar-refractivity contribution >= 4 is 11.9 Å². The Bertz CT molecular complexity index is 1350. The van der Waals surface area contributed by atoms with Crippen molar-refractivity contribution in [2.45, 2.75) is 89.4 Å². The molecule has 1 N–H and O–H groups in total. The maximum absolute atomic E-state index is 14.5. The Kier molecular flexibility index (Phi) is 5.47. The number of fused-ring (bicyclic) bond motifs is 2. The quantitative estimate of drug-likeness (QED) is 0.358. The van der Waals surface area contributed by atoms with Gasteiger partial charge in [-0.2, -0.15) is 0 Å². The van der Waals surface area contributed by atoms with Crippen molar-refractivity contribution < 1.29 is 24.2 Å². The number of aliphatic hydroxyl groups excluding tert-OH is 1. The second-order valence-electron chi connectivity index (χ2n) is 14.9. The van der Waals surface area contributed by atoms with Gasteiger partial charge in [0.2, 0.25) is 0 Å². The molecule has 3 saturated carbocycles. The minimum absolute atomic E-state index is 0.0171. The van der Waals surface area contributed by atoms with Crippen molar-refractivity contribution in [3.63, 3.8) is 0 Å². The molecular weight excluding hydrogens is 514 g/mol. The predicted molar refractivity (Wildman–Crippen MR) is 154 cm³/mol. The molecule has 8 aliphatic rings. The SMILES string of the molecule is C[C@]12CC[C@H]3[C@]4(C=C[C@@]5(C=C4C(=O)c4ccccc4)C[C@@H](O)CC[C@]35C)[C@@H]1CC[C@@]21CN(C[C@H]2CCCO2)C(=O)O1. The van der Waals surface area contributed by atoms with E-state index in [1.165, 1.54) is 0 Å². The fourth-order valence-corrected chi connectivity index (χ4v) is 11.3. The van der Waals surface area contributed by atoms with Crippen LogP contribution < -0.4 is 0 Å². The van der Waals surface area contributed by atoms with Crippen LogP contribution in [-0.4, -0.2) is 59.4 Å². The molecule has 1 aromatic carbocycles. The fourth-order valence-electron chi connectivity index (χ4n) is 11.3. The lowest BCUT2D eigenvalue weighted by Crippen LogP contribution is -2.67. The van der Waals surface area contributed by atoms with Crippen molar-refractivity contribution in [1.29, 1.82) is 0 Å². The molecular formula is C35H43NO5. The zero-order chi connectivity index (χ0) is 28.3. The van der Waals surface area contributed by atoms with Crippen molar-refractivity contribution in [3.8, 4) is 0 Å². The van der Waals surface area contributed by atoms with E-state index in [0.717, 1.165) is 69.1 Å². The van der Waals surface area contributed by atoms with Crippen LogP contribution in [0.2, 0.25) is 0 Å². The van der Waals surface area contributed by atoms with Gasteiger partial charge in [0, 0.05) is 34.0 Å². The van der Waals surface area contributed by atoms with Crippen LogP contribution in [0, 0.1) is 33.5 Å². The number of nitrogens with zero attached hydrogens (tertiary/aromatic N) is 1. The third-order valence-electron chi connectivity index (χ3n) is 13.4. The number of hydrogen-bond acceptors (Lipinski definition) is 5. The van der Waals surface area contributed by atoms with Crippen LogP contribution in [-0.2, 0) is 9.47 Å². The topological polar surface area (TPSA) is 76.1 Å². The molecule has 2 saturated heterocycles. The molecule has 6 heteroatoms. The molecule has 0 radical (unpaired) electrons. The van der Waals surface area contributed by atoms with Crippen LogP contribution in [0.1, 0.15) is 82.0 Å². The first-order valence-electron chi connectivity index (χ1n) is 16.0. The third-order valence-corrected chi connectivity index (χ3v) is 13.4. The zero-order valence-electron chi connectivity index (χ0n) is 24.4. The molecule has 2 bridgehead atoms. The lowest BCUT2D eigenvalue weighted by Gasteiger charge is -2.71. The summed E-state index contributed by atoms with van der Waals surface area (Å²) in [6, 6.07) is 9.73. The molecule has 6 nitrogen and oxygen atoms in total. The molecule has 6 aliphatic carbocycles. The monoisotopic (exact) mass is 557 g/mol. The van der Waals surface area contributed by atoms with Gasteiger partial charge in [0.25, 0.3) is 0 Å². The van der Waals surface area contributed by atoms with Gasteiger partial charge < -0.3 is 19.5 Å². The molecule has 2 heterocycles. The molecule has 0 aromatic heterocycles. The van der Waals surface area contributed by atoms with E-state index in [9.17, 15) is 14.7 Å². The average Bonchev–Trinajstić information content (AvgIpc) is 3.67. The standard InChI is InChI=1S/C35H43NO5/c1-31-13-10-24(37)19-33(31)16-17-35(26(20-33)29(38)23-7-4-3-5-8-23)27(31)11-14-32(2)28(35)12-15-34(32)22-36(30(39)41-34)21-25-9-6-18-40-25/h3-5,7-8,16-17,20,24-25,27-28,37H,6,9-15,18-19,21-22H2,1-2H3/t24-,25+,27+,28+,31+,32-,33-,34+,35+/m0/s1. The first kappa shape index (κ1) is 26.2. The summed E-state index contributed by atoms with van der Waals surface area (Å²) in [5, 5.41) is 10.9. The van der Waals surface area contributed by atoms with Crippen LogP contribution >= 0.6 is 0 Å². The van der Waals surface area contributed by atoms with E-state index < -0.39 is 11.0 Å². The number of hydrogen-bond donors (Lipinski definition) is 1. The van der Waals surface area contributed by atoms with Crippen LogP contribution in [0.4, 0.5) is 4.79 Å². The number of rotatable bonds is 4. The molecule has 1 aromatic rings. The number of amides is 1. The van der Waals surface area contributed by atoms with Gasteiger partial charge in [-0.15, -0.1) is 0 Å². The number of Topliss-reactive ketones (excluding diaryl/α,β-unsaturated/α-hetero) is 1. The number of carbonyl (C=O) groups is 2. The Morgan fingerprint density at radius 2 is 1.76 bits per heavy atom. The number of benzene rings is 1. The third kappa shape index (κ3) is 3.21. The normalized spacial score (nSPS) is 47.6. The van der Waals surface area contributed by atoms with Gasteiger partial charge in [0.05, 0.1) is 25.3 Å². The predicted octanol–water partition coefficient (Wildman–Crippen LogP) is 6.10. The second kappa shape index (κ2) is 8.57. The van der Waals surface area contributed by atoms with Gasteiger partial charge in [-0.05, 0) is 75.0 Å². The summed E-state index contributed by atoms with van der Waals surface area (Å²) in [5.41, 5.74) is 0.143. The van der Waals surface area contributed by atoms with Gasteiger partial charge >= 0.3 is 6.09 Å². The number of ether oxygens (including phenoxy) is 2. The van der Waals surface area contributed by atoms with Crippen molar-refractivity contribution in [2.24, 2.45) is 33.5 Å². The Hall–Kier alpha value is -2.44. The van der Waals surface area contributed by atoms with Crippen molar-refractivity contribution in [3.05, 3.63) is 59.7 Å².